The summed E-state index contributed by atoms with van der Waals surface area (Å²) < 4.78 is 35.0. The summed E-state index contributed by atoms with van der Waals surface area (Å²) in [6.45, 7) is 2.07. The Bertz CT molecular complexity index is 1150. The molecule has 3 heteroatoms. The van der Waals surface area contributed by atoms with E-state index in [-0.39, 0.29) is 11.6 Å². The Morgan fingerprint density at radius 2 is 1.46 bits per heavy atom. The Morgan fingerprint density at radius 3 is 2.14 bits per heavy atom. The predicted octanol–water partition coefficient (Wildman–Crippen LogP) is 7.02. The number of benzene rings is 4. The standard InChI is InChI=1S/C25H20F2O/c1-3-16-4-11-22-18(14-16)8-13-23(25(22)27)19-7-12-21(24(26)15-19)17-5-9-20(28-2)10-6-17/h4-15H,3H2,1-2H3. The molecule has 4 rings (SSSR count). The second-order valence-electron chi connectivity index (χ2n) is 6.76. The van der Waals surface area contributed by atoms with Crippen molar-refractivity contribution in [2.75, 3.05) is 7.11 Å². The van der Waals surface area contributed by atoms with Crippen LogP contribution in [-0.2, 0) is 6.42 Å². The van der Waals surface area contributed by atoms with E-state index in [1.54, 1.807) is 55.6 Å². The summed E-state index contributed by atoms with van der Waals surface area (Å²) >= 11 is 0. The number of ether oxygens (including phenoxy) is 1. The Hall–Kier alpha value is -3.20. The Kier molecular flexibility index (Phi) is 4.82. The van der Waals surface area contributed by atoms with E-state index in [1.807, 2.05) is 18.2 Å². The van der Waals surface area contributed by atoms with Gasteiger partial charge in [0.2, 0.25) is 0 Å². The number of rotatable bonds is 4. The SMILES string of the molecule is CCc1ccc2c(F)c(-c3ccc(-c4ccc(OC)cc4)c(F)c3)ccc2c1. The zero-order valence-electron chi connectivity index (χ0n) is 15.8. The highest BCUT2D eigenvalue weighted by Gasteiger charge is 2.13. The highest BCUT2D eigenvalue weighted by atomic mass is 19.1. The van der Waals surface area contributed by atoms with Gasteiger partial charge in [0.25, 0.3) is 0 Å². The molecule has 0 aliphatic heterocycles. The zero-order valence-corrected chi connectivity index (χ0v) is 15.8. The monoisotopic (exact) mass is 374 g/mol. The number of hydrogen-bond donors (Lipinski definition) is 0. The normalized spacial score (nSPS) is 11.0. The van der Waals surface area contributed by atoms with E-state index in [0.717, 1.165) is 22.9 Å². The summed E-state index contributed by atoms with van der Waals surface area (Å²) in [5.74, 6) is 0.00508. The Labute approximate surface area is 163 Å². The van der Waals surface area contributed by atoms with Crippen LogP contribution in [0.25, 0.3) is 33.0 Å². The maximum atomic E-state index is 15.1. The molecule has 0 saturated heterocycles. The van der Waals surface area contributed by atoms with Crippen LogP contribution in [0.1, 0.15) is 12.5 Å². The first-order valence-electron chi connectivity index (χ1n) is 9.26. The lowest BCUT2D eigenvalue weighted by Crippen LogP contribution is -1.91. The quantitative estimate of drug-likeness (QED) is 0.373. The molecule has 0 aromatic heterocycles. The first-order chi connectivity index (χ1) is 13.6. The fourth-order valence-electron chi connectivity index (χ4n) is 3.47. The van der Waals surface area contributed by atoms with Gasteiger partial charge >= 0.3 is 0 Å². The summed E-state index contributed by atoms with van der Waals surface area (Å²) in [5.41, 5.74) is 3.30. The molecule has 4 aromatic carbocycles. The highest BCUT2D eigenvalue weighted by Crippen LogP contribution is 2.33. The second kappa shape index (κ2) is 7.43. The molecule has 140 valence electrons. The number of aryl methyl sites for hydroxylation is 1. The van der Waals surface area contributed by atoms with E-state index in [4.69, 9.17) is 4.74 Å². The fraction of sp³-hybridized carbons (Fsp3) is 0.120. The molecule has 0 bridgehead atoms. The summed E-state index contributed by atoms with van der Waals surface area (Å²) in [5, 5.41) is 1.41. The first-order valence-corrected chi connectivity index (χ1v) is 9.26. The number of hydrogen-bond acceptors (Lipinski definition) is 1. The molecular formula is C25H20F2O. The number of methoxy groups -OCH3 is 1. The molecule has 0 N–H and O–H groups in total. The third-order valence-electron chi connectivity index (χ3n) is 5.11. The predicted molar refractivity (Wildman–Crippen MR) is 111 cm³/mol. The van der Waals surface area contributed by atoms with Gasteiger partial charge < -0.3 is 4.74 Å². The van der Waals surface area contributed by atoms with Crippen LogP contribution in [0.2, 0.25) is 0 Å². The van der Waals surface area contributed by atoms with E-state index < -0.39 is 0 Å². The Balaban J connectivity index is 1.75. The molecule has 1 nitrogen and oxygen atoms in total. The largest absolute Gasteiger partial charge is 0.497 e. The van der Waals surface area contributed by atoms with Gasteiger partial charge in [0.1, 0.15) is 17.4 Å². The van der Waals surface area contributed by atoms with Crippen molar-refractivity contribution < 1.29 is 13.5 Å². The molecule has 28 heavy (non-hydrogen) atoms. The topological polar surface area (TPSA) is 9.23 Å². The minimum absolute atomic E-state index is 0.322. The van der Waals surface area contributed by atoms with Crippen LogP contribution in [0.5, 0.6) is 5.75 Å². The molecule has 0 amide bonds. The van der Waals surface area contributed by atoms with Gasteiger partial charge in [-0.15, -0.1) is 0 Å². The average Bonchev–Trinajstić information content (AvgIpc) is 2.74. The van der Waals surface area contributed by atoms with E-state index in [9.17, 15) is 4.39 Å². The van der Waals surface area contributed by atoms with Crippen LogP contribution >= 0.6 is 0 Å². The van der Waals surface area contributed by atoms with Crippen molar-refractivity contribution in [3.8, 4) is 28.0 Å². The first kappa shape index (κ1) is 18.2. The van der Waals surface area contributed by atoms with Crippen LogP contribution in [0.4, 0.5) is 8.78 Å². The molecule has 0 saturated carbocycles. The van der Waals surface area contributed by atoms with Gasteiger partial charge in [0.05, 0.1) is 7.11 Å². The minimum atomic E-state index is -0.386. The third kappa shape index (κ3) is 3.24. The smallest absolute Gasteiger partial charge is 0.138 e. The highest BCUT2D eigenvalue weighted by molar-refractivity contribution is 5.89. The molecule has 0 spiro atoms. The van der Waals surface area contributed by atoms with Gasteiger partial charge in [-0.25, -0.2) is 8.78 Å². The average molecular weight is 374 g/mol. The van der Waals surface area contributed by atoms with Crippen molar-refractivity contribution in [1.82, 2.24) is 0 Å². The van der Waals surface area contributed by atoms with Crippen molar-refractivity contribution in [3.05, 3.63) is 90.0 Å². The fourth-order valence-corrected chi connectivity index (χ4v) is 3.47. The van der Waals surface area contributed by atoms with Gasteiger partial charge in [0.15, 0.2) is 0 Å². The van der Waals surface area contributed by atoms with E-state index in [2.05, 4.69) is 6.92 Å². The zero-order chi connectivity index (χ0) is 19.7. The third-order valence-corrected chi connectivity index (χ3v) is 5.11. The lowest BCUT2D eigenvalue weighted by Gasteiger charge is -2.10. The van der Waals surface area contributed by atoms with Gasteiger partial charge in [0, 0.05) is 16.5 Å². The molecule has 0 heterocycles. The summed E-state index contributed by atoms with van der Waals surface area (Å²) in [6, 6.07) is 21.4. The molecule has 0 atom stereocenters. The maximum absolute atomic E-state index is 15.1. The molecule has 0 aliphatic carbocycles. The van der Waals surface area contributed by atoms with Gasteiger partial charge in [-0.05, 0) is 46.7 Å². The molecular weight excluding hydrogens is 354 g/mol. The van der Waals surface area contributed by atoms with Crippen LogP contribution in [0.15, 0.2) is 72.8 Å². The molecule has 4 aromatic rings. The molecule has 0 fully saturated rings. The van der Waals surface area contributed by atoms with E-state index in [0.29, 0.717) is 27.8 Å². The van der Waals surface area contributed by atoms with Gasteiger partial charge in [-0.2, -0.15) is 0 Å². The van der Waals surface area contributed by atoms with E-state index >= 15 is 4.39 Å². The van der Waals surface area contributed by atoms with Gasteiger partial charge in [-0.3, -0.25) is 0 Å². The van der Waals surface area contributed by atoms with Crippen LogP contribution in [0, 0.1) is 11.6 Å². The lowest BCUT2D eigenvalue weighted by molar-refractivity contribution is 0.415. The van der Waals surface area contributed by atoms with E-state index in [1.165, 1.54) is 6.07 Å². The summed E-state index contributed by atoms with van der Waals surface area (Å²) in [7, 11) is 1.59. The van der Waals surface area contributed by atoms with Gasteiger partial charge in [-0.1, -0.05) is 61.5 Å². The molecule has 0 unspecified atom stereocenters. The second-order valence-corrected chi connectivity index (χ2v) is 6.76. The lowest BCUT2D eigenvalue weighted by atomic mass is 9.96. The minimum Gasteiger partial charge on any atom is -0.497 e. The Morgan fingerprint density at radius 1 is 0.750 bits per heavy atom. The number of fused-ring (bicyclic) bond motifs is 1. The van der Waals surface area contributed by atoms with Crippen molar-refractivity contribution in [2.45, 2.75) is 13.3 Å². The van der Waals surface area contributed by atoms with Crippen molar-refractivity contribution in [1.29, 1.82) is 0 Å². The van der Waals surface area contributed by atoms with Crippen LogP contribution in [-0.4, -0.2) is 7.11 Å². The van der Waals surface area contributed by atoms with Crippen LogP contribution in [0.3, 0.4) is 0 Å². The summed E-state index contributed by atoms with van der Waals surface area (Å²) in [6.07, 6.45) is 0.900. The van der Waals surface area contributed by atoms with Crippen molar-refractivity contribution in [2.24, 2.45) is 0 Å². The van der Waals surface area contributed by atoms with Crippen molar-refractivity contribution in [3.63, 3.8) is 0 Å². The van der Waals surface area contributed by atoms with Crippen molar-refractivity contribution >= 4 is 10.8 Å². The molecule has 0 radical (unpaired) electrons. The number of halogens is 2. The maximum Gasteiger partial charge on any atom is 0.138 e. The molecule has 0 aliphatic rings. The summed E-state index contributed by atoms with van der Waals surface area (Å²) in [4.78, 5) is 0. The van der Waals surface area contributed by atoms with Crippen LogP contribution < -0.4 is 4.74 Å².